The summed E-state index contributed by atoms with van der Waals surface area (Å²) in [7, 11) is 0. The standard InChI is InChI=1S/C30H33N5O3/c1-17-14-21(34-30(36)37-18(2)20-7-8-20)9-11-23(17)28-27(32)24-12-10-22(38-29-25(31)4-3-13-33-29)15-26(24)35(28)16-19-5-6-19/h3-4,9-15,18-20H,5-8,16,31-32H2,1-2H3,(H,34,36)/t18-/m1/s1. The molecule has 2 heterocycles. The number of carbonyl (C=O) groups excluding carboxylic acids is 1. The summed E-state index contributed by atoms with van der Waals surface area (Å²) in [6.07, 6.45) is 5.86. The molecule has 0 saturated heterocycles. The number of rotatable bonds is 8. The number of nitrogen functional groups attached to an aromatic ring is 2. The molecule has 2 aliphatic carbocycles. The number of nitrogens with two attached hydrogens (primary N) is 2. The summed E-state index contributed by atoms with van der Waals surface area (Å²) < 4.78 is 13.9. The van der Waals surface area contributed by atoms with Crippen LogP contribution >= 0.6 is 0 Å². The van der Waals surface area contributed by atoms with E-state index in [9.17, 15) is 4.79 Å². The Hall–Kier alpha value is -4.20. The second-order valence-electron chi connectivity index (χ2n) is 10.6. The Balaban J connectivity index is 1.33. The first-order valence-electron chi connectivity index (χ1n) is 13.3. The zero-order valence-corrected chi connectivity index (χ0v) is 21.7. The number of fused-ring (bicyclic) bond motifs is 1. The molecule has 2 fully saturated rings. The summed E-state index contributed by atoms with van der Waals surface area (Å²) in [6.45, 7) is 4.87. The number of hydrogen-bond acceptors (Lipinski definition) is 6. The Morgan fingerprint density at radius 3 is 2.66 bits per heavy atom. The van der Waals surface area contributed by atoms with E-state index in [2.05, 4.69) is 14.9 Å². The predicted octanol–water partition coefficient (Wildman–Crippen LogP) is 6.73. The number of nitrogens with one attached hydrogen (secondary N) is 1. The summed E-state index contributed by atoms with van der Waals surface area (Å²) in [5, 5.41) is 3.85. The first-order valence-corrected chi connectivity index (χ1v) is 13.3. The molecule has 0 bridgehead atoms. The lowest BCUT2D eigenvalue weighted by Crippen LogP contribution is -2.21. The third-order valence-electron chi connectivity index (χ3n) is 7.53. The van der Waals surface area contributed by atoms with Crippen LogP contribution in [0, 0.1) is 18.8 Å². The van der Waals surface area contributed by atoms with Crippen molar-refractivity contribution in [3.8, 4) is 22.9 Å². The maximum Gasteiger partial charge on any atom is 0.411 e. The topological polar surface area (TPSA) is 117 Å². The van der Waals surface area contributed by atoms with Crippen LogP contribution in [-0.2, 0) is 11.3 Å². The summed E-state index contributed by atoms with van der Waals surface area (Å²) in [4.78, 5) is 16.6. The average molecular weight is 512 g/mol. The van der Waals surface area contributed by atoms with Gasteiger partial charge >= 0.3 is 6.09 Å². The Morgan fingerprint density at radius 2 is 1.95 bits per heavy atom. The van der Waals surface area contributed by atoms with Crippen LogP contribution in [0.2, 0.25) is 0 Å². The number of nitrogens with zero attached hydrogens (tertiary/aromatic N) is 2. The lowest BCUT2D eigenvalue weighted by Gasteiger charge is -2.16. The number of ether oxygens (including phenoxy) is 2. The average Bonchev–Trinajstić information content (AvgIpc) is 3.80. The highest BCUT2D eigenvalue weighted by Crippen LogP contribution is 2.43. The predicted molar refractivity (Wildman–Crippen MR) is 150 cm³/mol. The van der Waals surface area contributed by atoms with E-state index in [0.717, 1.165) is 52.8 Å². The van der Waals surface area contributed by atoms with Crippen LogP contribution in [0.15, 0.2) is 54.7 Å². The van der Waals surface area contributed by atoms with Gasteiger partial charge in [0, 0.05) is 35.4 Å². The minimum absolute atomic E-state index is 0.0590. The first-order chi connectivity index (χ1) is 18.4. The summed E-state index contributed by atoms with van der Waals surface area (Å²) in [5.41, 5.74) is 18.8. The molecule has 2 saturated carbocycles. The van der Waals surface area contributed by atoms with Crippen molar-refractivity contribution in [3.63, 3.8) is 0 Å². The van der Waals surface area contributed by atoms with Gasteiger partial charge in [-0.2, -0.15) is 0 Å². The van der Waals surface area contributed by atoms with Crippen molar-refractivity contribution in [2.24, 2.45) is 11.8 Å². The molecule has 5 N–H and O–H groups in total. The number of amides is 1. The lowest BCUT2D eigenvalue weighted by atomic mass is 10.0. The SMILES string of the molecule is Cc1cc(NC(=O)O[C@H](C)C2CC2)ccc1-c1c(N)c2ccc(Oc3ncccc3N)cc2n1CC1CC1. The van der Waals surface area contributed by atoms with Crippen LogP contribution in [-0.4, -0.2) is 21.7 Å². The molecule has 196 valence electrons. The first kappa shape index (κ1) is 24.2. The van der Waals surface area contributed by atoms with Crippen molar-refractivity contribution in [3.05, 3.63) is 60.3 Å². The number of anilines is 3. The van der Waals surface area contributed by atoms with E-state index in [1.807, 2.05) is 50.2 Å². The van der Waals surface area contributed by atoms with Gasteiger partial charge in [0.25, 0.3) is 0 Å². The molecule has 2 aromatic heterocycles. The number of hydrogen-bond donors (Lipinski definition) is 3. The fourth-order valence-corrected chi connectivity index (χ4v) is 5.04. The van der Waals surface area contributed by atoms with Gasteiger partial charge in [0.15, 0.2) is 0 Å². The lowest BCUT2D eigenvalue weighted by molar-refractivity contribution is 0.108. The summed E-state index contributed by atoms with van der Waals surface area (Å²) >= 11 is 0. The van der Waals surface area contributed by atoms with E-state index in [1.165, 1.54) is 12.8 Å². The van der Waals surface area contributed by atoms with Crippen LogP contribution in [0.5, 0.6) is 11.6 Å². The number of carbonyl (C=O) groups is 1. The van der Waals surface area contributed by atoms with Gasteiger partial charge in [-0.05, 0) is 93.3 Å². The largest absolute Gasteiger partial charge is 0.446 e. The van der Waals surface area contributed by atoms with Gasteiger partial charge in [-0.25, -0.2) is 9.78 Å². The van der Waals surface area contributed by atoms with Gasteiger partial charge in [0.05, 0.1) is 22.6 Å². The van der Waals surface area contributed by atoms with E-state index in [-0.39, 0.29) is 6.10 Å². The number of aromatic nitrogens is 2. The van der Waals surface area contributed by atoms with Gasteiger partial charge in [0.2, 0.25) is 5.88 Å². The zero-order valence-electron chi connectivity index (χ0n) is 21.7. The molecule has 2 aliphatic rings. The van der Waals surface area contributed by atoms with Gasteiger partial charge in [0.1, 0.15) is 11.9 Å². The minimum Gasteiger partial charge on any atom is -0.446 e. The van der Waals surface area contributed by atoms with Gasteiger partial charge in [-0.3, -0.25) is 5.32 Å². The maximum atomic E-state index is 12.4. The zero-order chi connectivity index (χ0) is 26.4. The van der Waals surface area contributed by atoms with E-state index in [1.54, 1.807) is 18.3 Å². The molecule has 8 heteroatoms. The Kier molecular flexibility index (Phi) is 6.10. The molecule has 6 rings (SSSR count). The van der Waals surface area contributed by atoms with Gasteiger partial charge in [-0.15, -0.1) is 0 Å². The van der Waals surface area contributed by atoms with Crippen molar-refractivity contribution in [1.82, 2.24) is 9.55 Å². The normalized spacial score (nSPS) is 15.8. The van der Waals surface area contributed by atoms with Crippen molar-refractivity contribution in [2.75, 3.05) is 16.8 Å². The van der Waals surface area contributed by atoms with Crippen molar-refractivity contribution in [2.45, 2.75) is 52.2 Å². The molecular formula is C30H33N5O3. The van der Waals surface area contributed by atoms with Gasteiger partial charge < -0.3 is 25.5 Å². The summed E-state index contributed by atoms with van der Waals surface area (Å²) in [5.74, 6) is 2.15. The monoisotopic (exact) mass is 511 g/mol. The molecular weight excluding hydrogens is 478 g/mol. The third kappa shape index (κ3) is 4.86. The Morgan fingerprint density at radius 1 is 1.13 bits per heavy atom. The molecule has 0 unspecified atom stereocenters. The molecule has 1 atom stereocenters. The molecule has 1 amide bonds. The number of aryl methyl sites for hydroxylation is 1. The summed E-state index contributed by atoms with van der Waals surface area (Å²) in [6, 6.07) is 15.3. The van der Waals surface area contributed by atoms with E-state index in [4.69, 9.17) is 20.9 Å². The molecule has 8 nitrogen and oxygen atoms in total. The number of benzene rings is 2. The fraction of sp³-hybridized carbons (Fsp3) is 0.333. The van der Waals surface area contributed by atoms with Crippen molar-refractivity contribution < 1.29 is 14.3 Å². The van der Waals surface area contributed by atoms with E-state index < -0.39 is 6.09 Å². The van der Waals surface area contributed by atoms with E-state index >= 15 is 0 Å². The third-order valence-corrected chi connectivity index (χ3v) is 7.53. The maximum absolute atomic E-state index is 12.4. The quantitative estimate of drug-likeness (QED) is 0.242. The molecule has 0 radical (unpaired) electrons. The molecule has 0 aliphatic heterocycles. The smallest absolute Gasteiger partial charge is 0.411 e. The highest BCUT2D eigenvalue weighted by molar-refractivity contribution is 6.02. The van der Waals surface area contributed by atoms with Crippen LogP contribution in [0.3, 0.4) is 0 Å². The molecule has 4 aromatic rings. The van der Waals surface area contributed by atoms with Crippen LogP contribution in [0.25, 0.3) is 22.2 Å². The second-order valence-corrected chi connectivity index (χ2v) is 10.6. The number of pyridine rings is 1. The van der Waals surface area contributed by atoms with Crippen molar-refractivity contribution >= 4 is 34.1 Å². The Labute approximate surface area is 221 Å². The highest BCUT2D eigenvalue weighted by Gasteiger charge is 2.31. The Bertz CT molecular complexity index is 1520. The highest BCUT2D eigenvalue weighted by atomic mass is 16.6. The van der Waals surface area contributed by atoms with Crippen LogP contribution in [0.1, 0.15) is 38.2 Å². The van der Waals surface area contributed by atoms with Crippen LogP contribution in [0.4, 0.5) is 21.9 Å². The molecule has 0 spiro atoms. The minimum atomic E-state index is -0.417. The fourth-order valence-electron chi connectivity index (χ4n) is 5.04. The molecule has 38 heavy (non-hydrogen) atoms. The molecule has 2 aromatic carbocycles. The van der Waals surface area contributed by atoms with E-state index in [0.29, 0.717) is 34.8 Å². The van der Waals surface area contributed by atoms with Gasteiger partial charge in [-0.1, -0.05) is 6.07 Å². The van der Waals surface area contributed by atoms with Crippen molar-refractivity contribution in [1.29, 1.82) is 0 Å². The second kappa shape index (κ2) is 9.59. The van der Waals surface area contributed by atoms with Crippen LogP contribution < -0.4 is 21.5 Å².